The third kappa shape index (κ3) is 11.9. The van der Waals surface area contributed by atoms with Crippen LogP contribution >= 0.6 is 0 Å². The van der Waals surface area contributed by atoms with E-state index in [0.29, 0.717) is 13.1 Å². The topological polar surface area (TPSA) is 30.5 Å². The summed E-state index contributed by atoms with van der Waals surface area (Å²) < 4.78 is 0. The lowest BCUT2D eigenvalue weighted by molar-refractivity contribution is 0.0928. The summed E-state index contributed by atoms with van der Waals surface area (Å²) in [6.07, 6.45) is 1.68. The average molecular weight is 1140 g/mol. The molecule has 4 heteroatoms. The molecule has 0 atom stereocenters. The summed E-state index contributed by atoms with van der Waals surface area (Å²) in [7, 11) is 0. The maximum Gasteiger partial charge on any atom is 0.0973 e. The van der Waals surface area contributed by atoms with E-state index in [0.717, 1.165) is 39.0 Å². The number of hydrogen-bond donors (Lipinski definition) is 2. The molecule has 0 radical (unpaired) electrons. The zero-order chi connectivity index (χ0) is 59.6. The molecule has 0 aliphatic carbocycles. The Morgan fingerprint density at radius 2 is 0.330 bits per heavy atom. The molecular weight excluding hydrogens is 1060 g/mol. The Hall–Kier alpha value is -9.52. The molecular formula is C84H78N4. The normalized spacial score (nSPS) is 12.1. The molecule has 0 aliphatic rings. The smallest absolute Gasteiger partial charge is 0.0973 e. The molecule has 2 N–H and O–H groups in total. The summed E-state index contributed by atoms with van der Waals surface area (Å²) in [5.41, 5.74) is 11.9. The van der Waals surface area contributed by atoms with Crippen molar-refractivity contribution in [1.29, 1.82) is 0 Å². The first-order valence-corrected chi connectivity index (χ1v) is 31.3. The van der Waals surface area contributed by atoms with Gasteiger partial charge < -0.3 is 0 Å². The Bertz CT molecular complexity index is 3290. The van der Waals surface area contributed by atoms with Gasteiger partial charge in [0.15, 0.2) is 0 Å². The number of nitrogens with zero attached hydrogens (tertiary/aromatic N) is 2. The number of hydrogen-bond acceptors (Lipinski definition) is 4. The Morgan fingerprint density at radius 1 is 0.182 bits per heavy atom. The third-order valence-corrected chi connectivity index (χ3v) is 18.0. The van der Waals surface area contributed by atoms with Crippen LogP contribution in [-0.2, 0) is 22.2 Å². The fourth-order valence-electron chi connectivity index (χ4n) is 14.1. The Morgan fingerprint density at radius 3 is 0.489 bits per heavy atom. The molecule has 0 aromatic heterocycles. The van der Waals surface area contributed by atoms with Crippen molar-refractivity contribution in [2.75, 3.05) is 39.3 Å². The predicted molar refractivity (Wildman–Crippen MR) is 365 cm³/mol. The van der Waals surface area contributed by atoms with Crippen LogP contribution in [-0.4, -0.2) is 49.1 Å². The zero-order valence-corrected chi connectivity index (χ0v) is 50.2. The van der Waals surface area contributed by atoms with Crippen LogP contribution in [0.3, 0.4) is 0 Å². The van der Waals surface area contributed by atoms with E-state index in [4.69, 9.17) is 0 Å². The van der Waals surface area contributed by atoms with Gasteiger partial charge in [-0.3, -0.25) is 20.4 Å². The number of nitrogens with one attached hydrogen (secondary N) is 2. The standard InChI is InChI=1S/C84H78N4/c1-13-39-69(40-14-1)81(70-41-15-2-16-42-70,71-43-17-3-18-44-71)85-63-37-65-87(83(75-51-25-7-26-52-75,76-53-27-8-28-54-76)77-55-29-9-30-56-77)67-68-88(84(78-57-31-10-32-58-78,79-59-33-11-34-60-79)80-61-35-12-36-62-80)66-38-64-86-82(72-45-19-4-20-46-72,73-47-21-5-22-48-73)74-49-23-6-24-50-74/h1-36,39-62,85-86H,37-38,63-68H2. The molecule has 0 bridgehead atoms. The first-order valence-electron chi connectivity index (χ1n) is 31.3. The van der Waals surface area contributed by atoms with Gasteiger partial charge in [0.1, 0.15) is 0 Å². The van der Waals surface area contributed by atoms with Gasteiger partial charge in [-0.1, -0.05) is 364 Å². The third-order valence-electron chi connectivity index (χ3n) is 18.0. The van der Waals surface area contributed by atoms with Gasteiger partial charge in [0, 0.05) is 26.2 Å². The molecule has 12 rings (SSSR count). The van der Waals surface area contributed by atoms with Gasteiger partial charge in [-0.2, -0.15) is 0 Å². The fraction of sp³-hybridized carbons (Fsp3) is 0.143. The van der Waals surface area contributed by atoms with Gasteiger partial charge in [0.25, 0.3) is 0 Å². The molecule has 0 saturated heterocycles. The highest BCUT2D eigenvalue weighted by Gasteiger charge is 2.46. The van der Waals surface area contributed by atoms with Crippen LogP contribution in [0.15, 0.2) is 364 Å². The van der Waals surface area contributed by atoms with Crippen LogP contribution in [0, 0.1) is 0 Å². The zero-order valence-electron chi connectivity index (χ0n) is 50.2. The molecule has 0 saturated carbocycles. The summed E-state index contributed by atoms with van der Waals surface area (Å²) >= 11 is 0. The van der Waals surface area contributed by atoms with E-state index in [1.165, 1.54) is 66.8 Å². The SMILES string of the molecule is c1ccc(C(NCCCN(CCN(CCCNC(c2ccccc2)(c2ccccc2)c2ccccc2)C(c2ccccc2)(c2ccccc2)c2ccccc2)C(c2ccccc2)(c2ccccc2)c2ccccc2)(c2ccccc2)c2ccccc2)cc1. The Balaban J connectivity index is 1.00. The van der Waals surface area contributed by atoms with Crippen LogP contribution in [0.2, 0.25) is 0 Å². The van der Waals surface area contributed by atoms with Crippen molar-refractivity contribution in [3.05, 3.63) is 431 Å². The largest absolute Gasteiger partial charge is 0.300 e. The summed E-state index contributed by atoms with van der Waals surface area (Å²) in [4.78, 5) is 5.65. The van der Waals surface area contributed by atoms with E-state index in [-0.39, 0.29) is 0 Å². The van der Waals surface area contributed by atoms with Crippen molar-refractivity contribution < 1.29 is 0 Å². The van der Waals surface area contributed by atoms with Crippen molar-refractivity contribution in [1.82, 2.24) is 20.4 Å². The van der Waals surface area contributed by atoms with Crippen LogP contribution in [0.4, 0.5) is 0 Å². The molecule has 0 spiro atoms. The lowest BCUT2D eigenvalue weighted by Crippen LogP contribution is -2.55. The minimum atomic E-state index is -0.706. The highest BCUT2D eigenvalue weighted by Crippen LogP contribution is 2.46. The Labute approximate surface area is 522 Å². The molecule has 434 valence electrons. The van der Waals surface area contributed by atoms with Gasteiger partial charge in [0.05, 0.1) is 22.2 Å². The minimum Gasteiger partial charge on any atom is -0.300 e. The molecule has 0 heterocycles. The fourth-order valence-corrected chi connectivity index (χ4v) is 14.1. The first-order chi connectivity index (χ1) is 43.7. The van der Waals surface area contributed by atoms with Crippen LogP contribution in [0.5, 0.6) is 0 Å². The summed E-state index contributed by atoms with van der Waals surface area (Å²) in [6.45, 7) is 4.41. The van der Waals surface area contributed by atoms with E-state index in [9.17, 15) is 0 Å². The monoisotopic (exact) mass is 1140 g/mol. The maximum absolute atomic E-state index is 4.30. The van der Waals surface area contributed by atoms with Gasteiger partial charge in [0.2, 0.25) is 0 Å². The molecule has 88 heavy (non-hydrogen) atoms. The molecule has 0 aliphatic heterocycles. The molecule has 4 nitrogen and oxygen atoms in total. The van der Waals surface area contributed by atoms with Crippen LogP contribution in [0.25, 0.3) is 0 Å². The summed E-state index contributed by atoms with van der Waals surface area (Å²) in [5, 5.41) is 8.60. The lowest BCUT2D eigenvalue weighted by atomic mass is 9.74. The second-order valence-corrected chi connectivity index (χ2v) is 22.8. The molecule has 0 unspecified atom stereocenters. The number of rotatable bonds is 27. The Kier molecular flexibility index (Phi) is 18.9. The van der Waals surface area contributed by atoms with E-state index in [2.05, 4.69) is 384 Å². The molecule has 0 amide bonds. The van der Waals surface area contributed by atoms with Gasteiger partial charge in [-0.15, -0.1) is 0 Å². The first kappa shape index (κ1) is 58.8. The van der Waals surface area contributed by atoms with Crippen molar-refractivity contribution in [3.63, 3.8) is 0 Å². The second-order valence-electron chi connectivity index (χ2n) is 22.8. The van der Waals surface area contributed by atoms with E-state index in [1.807, 2.05) is 0 Å². The van der Waals surface area contributed by atoms with E-state index >= 15 is 0 Å². The van der Waals surface area contributed by atoms with Crippen molar-refractivity contribution >= 4 is 0 Å². The second kappa shape index (κ2) is 28.3. The molecule has 0 fully saturated rings. The molecule has 12 aromatic rings. The van der Waals surface area contributed by atoms with Gasteiger partial charge >= 0.3 is 0 Å². The van der Waals surface area contributed by atoms with Crippen molar-refractivity contribution in [3.8, 4) is 0 Å². The van der Waals surface area contributed by atoms with Gasteiger partial charge in [-0.05, 0) is 92.7 Å². The van der Waals surface area contributed by atoms with E-state index < -0.39 is 22.2 Å². The average Bonchev–Trinajstić information content (AvgIpc) is 0.859. The van der Waals surface area contributed by atoms with E-state index in [1.54, 1.807) is 0 Å². The summed E-state index contributed by atoms with van der Waals surface area (Å²) in [5.74, 6) is 0. The van der Waals surface area contributed by atoms with Crippen molar-refractivity contribution in [2.45, 2.75) is 35.0 Å². The van der Waals surface area contributed by atoms with Gasteiger partial charge in [-0.25, -0.2) is 0 Å². The lowest BCUT2D eigenvalue weighted by Gasteiger charge is -2.50. The van der Waals surface area contributed by atoms with Crippen molar-refractivity contribution in [2.24, 2.45) is 0 Å². The predicted octanol–water partition coefficient (Wildman–Crippen LogP) is 17.5. The molecule has 12 aromatic carbocycles. The highest BCUT2D eigenvalue weighted by atomic mass is 15.3. The maximum atomic E-state index is 4.30. The quantitative estimate of drug-likeness (QED) is 0.0397. The van der Waals surface area contributed by atoms with Crippen LogP contribution < -0.4 is 10.6 Å². The van der Waals surface area contributed by atoms with Crippen LogP contribution in [0.1, 0.15) is 79.6 Å². The highest BCUT2D eigenvalue weighted by molar-refractivity contribution is 5.54. The minimum absolute atomic E-state index is 0.616. The summed E-state index contributed by atoms with van der Waals surface area (Å²) in [6, 6.07) is 134. The number of benzene rings is 12.